The summed E-state index contributed by atoms with van der Waals surface area (Å²) < 4.78 is 0. The van der Waals surface area contributed by atoms with Gasteiger partial charge in [0.15, 0.2) is 0 Å². The van der Waals surface area contributed by atoms with Crippen LogP contribution in [-0.2, 0) is 22.6 Å². The van der Waals surface area contributed by atoms with Crippen molar-refractivity contribution >= 4 is 35.6 Å². The van der Waals surface area contributed by atoms with Crippen LogP contribution < -0.4 is 11.1 Å². The Morgan fingerprint density at radius 3 is 2.55 bits per heavy atom. The van der Waals surface area contributed by atoms with Gasteiger partial charge in [-0.2, -0.15) is 0 Å². The Labute approximate surface area is 190 Å². The number of aromatic hydroxyl groups is 1. The zero-order valence-electron chi connectivity index (χ0n) is 18.6. The number of benzene rings is 2. The van der Waals surface area contributed by atoms with E-state index in [0.29, 0.717) is 36.3 Å². The van der Waals surface area contributed by atoms with Crippen LogP contribution in [0.2, 0.25) is 0 Å². The lowest BCUT2D eigenvalue weighted by atomic mass is 9.92. The molecular weight excluding hydrogens is 414 g/mol. The van der Waals surface area contributed by atoms with E-state index < -0.39 is 6.04 Å². The summed E-state index contributed by atoms with van der Waals surface area (Å²) in [4.78, 5) is 27.9. The van der Waals surface area contributed by atoms with E-state index in [9.17, 15) is 14.7 Å². The fraction of sp³-hybridized carbons (Fsp3) is 0.417. The topological polar surface area (TPSA) is 95.7 Å². The highest BCUT2D eigenvalue weighted by Crippen LogP contribution is 2.32. The van der Waals surface area contributed by atoms with Crippen LogP contribution >= 0.6 is 12.4 Å². The largest absolute Gasteiger partial charge is 0.507 e. The van der Waals surface area contributed by atoms with Crippen LogP contribution in [0.1, 0.15) is 54.0 Å². The normalized spacial score (nSPS) is 15.1. The zero-order chi connectivity index (χ0) is 22.0. The average Bonchev–Trinajstić information content (AvgIpc) is 2.73. The molecule has 1 aliphatic rings. The highest BCUT2D eigenvalue weighted by molar-refractivity contribution is 5.98. The molecule has 0 aliphatic carbocycles. The van der Waals surface area contributed by atoms with Gasteiger partial charge in [0, 0.05) is 30.8 Å². The number of nitrogen functional groups attached to an aromatic ring is 1. The van der Waals surface area contributed by atoms with Gasteiger partial charge in [-0.25, -0.2) is 0 Å². The van der Waals surface area contributed by atoms with Gasteiger partial charge < -0.3 is 21.1 Å². The minimum absolute atomic E-state index is 0. The van der Waals surface area contributed by atoms with Crippen molar-refractivity contribution in [3.63, 3.8) is 0 Å². The summed E-state index contributed by atoms with van der Waals surface area (Å²) >= 11 is 0. The highest BCUT2D eigenvalue weighted by atomic mass is 35.5. The molecule has 168 valence electrons. The van der Waals surface area contributed by atoms with Gasteiger partial charge in [-0.15, -0.1) is 12.4 Å². The monoisotopic (exact) mass is 445 g/mol. The number of hydrogen-bond acceptors (Lipinski definition) is 4. The number of nitrogens with zero attached hydrogens (tertiary/aromatic N) is 1. The molecule has 1 atom stereocenters. The Morgan fingerprint density at radius 1 is 1.16 bits per heavy atom. The molecule has 3 rings (SSSR count). The predicted molar refractivity (Wildman–Crippen MR) is 127 cm³/mol. The zero-order valence-corrected chi connectivity index (χ0v) is 19.4. The van der Waals surface area contributed by atoms with E-state index >= 15 is 0 Å². The number of phenols is 1. The van der Waals surface area contributed by atoms with Crippen LogP contribution in [0.3, 0.4) is 0 Å². The summed E-state index contributed by atoms with van der Waals surface area (Å²) in [7, 11) is 0. The molecule has 1 aliphatic heterocycles. The number of aryl methyl sites for hydroxylation is 1. The number of nitrogens with one attached hydrogen (secondary N) is 1. The Kier molecular flexibility index (Phi) is 7.96. The average molecular weight is 446 g/mol. The molecule has 4 N–H and O–H groups in total. The smallest absolute Gasteiger partial charge is 0.247 e. The molecule has 2 amide bonds. The van der Waals surface area contributed by atoms with Crippen LogP contribution in [0.5, 0.6) is 5.75 Å². The summed E-state index contributed by atoms with van der Waals surface area (Å²) in [5.74, 6) is 0.0147. The molecule has 2 aromatic carbocycles. The molecular formula is C24H32ClN3O3. The van der Waals surface area contributed by atoms with Crippen molar-refractivity contribution < 1.29 is 14.7 Å². The number of fused-ring (bicyclic) bond motifs is 1. The lowest BCUT2D eigenvalue weighted by molar-refractivity contribution is -0.140. The van der Waals surface area contributed by atoms with Gasteiger partial charge in [0.1, 0.15) is 11.8 Å². The van der Waals surface area contributed by atoms with Gasteiger partial charge in [0.25, 0.3) is 0 Å². The van der Waals surface area contributed by atoms with E-state index in [1.807, 2.05) is 39.0 Å². The Bertz CT molecular complexity index is 991. The first-order valence-corrected chi connectivity index (χ1v) is 10.5. The van der Waals surface area contributed by atoms with Crippen LogP contribution in [0, 0.1) is 20.8 Å². The fourth-order valence-electron chi connectivity index (χ4n) is 3.99. The minimum atomic E-state index is -0.584. The molecule has 0 aromatic heterocycles. The second kappa shape index (κ2) is 10.1. The number of nitrogens with two attached hydrogens (primary N) is 1. The predicted octanol–water partition coefficient (Wildman–Crippen LogP) is 4.40. The van der Waals surface area contributed by atoms with Crippen molar-refractivity contribution in [3.8, 4) is 5.75 Å². The maximum atomic E-state index is 13.3. The summed E-state index contributed by atoms with van der Waals surface area (Å²) in [6, 6.07) is 6.86. The minimum Gasteiger partial charge on any atom is -0.507 e. The van der Waals surface area contributed by atoms with Crippen molar-refractivity contribution in [1.82, 2.24) is 4.90 Å². The van der Waals surface area contributed by atoms with Gasteiger partial charge in [-0.3, -0.25) is 9.59 Å². The lowest BCUT2D eigenvalue weighted by Gasteiger charge is -2.36. The molecule has 0 saturated carbocycles. The number of unbranched alkanes of at least 4 members (excludes halogenated alkanes) is 1. The first-order valence-electron chi connectivity index (χ1n) is 10.5. The highest BCUT2D eigenvalue weighted by Gasteiger charge is 2.34. The van der Waals surface area contributed by atoms with Crippen molar-refractivity contribution in [3.05, 3.63) is 52.1 Å². The maximum absolute atomic E-state index is 13.3. The van der Waals surface area contributed by atoms with E-state index in [1.165, 1.54) is 0 Å². The van der Waals surface area contributed by atoms with Crippen LogP contribution in [-0.4, -0.2) is 27.9 Å². The van der Waals surface area contributed by atoms with Gasteiger partial charge >= 0.3 is 0 Å². The molecule has 7 heteroatoms. The van der Waals surface area contributed by atoms with E-state index in [1.54, 1.807) is 17.9 Å². The number of carbonyl (C=O) groups excluding carboxylic acids is 2. The first-order chi connectivity index (χ1) is 14.2. The number of rotatable bonds is 5. The number of halogens is 1. The Hall–Kier alpha value is -2.73. The molecule has 31 heavy (non-hydrogen) atoms. The summed E-state index contributed by atoms with van der Waals surface area (Å²) in [5, 5.41) is 13.2. The molecule has 0 fully saturated rings. The summed E-state index contributed by atoms with van der Waals surface area (Å²) in [6.07, 6.45) is 2.59. The van der Waals surface area contributed by atoms with Gasteiger partial charge in [0.05, 0.1) is 0 Å². The molecule has 0 bridgehead atoms. The second-order valence-electron chi connectivity index (χ2n) is 8.20. The SMILES string of the molecule is CCCCC(=O)N1Cc2cc(N)ccc2C[C@H]1C(=O)Nc1cc(C)c(O)c(C)c1C.Cl. The molecule has 0 saturated heterocycles. The molecule has 2 aromatic rings. The second-order valence-corrected chi connectivity index (χ2v) is 8.20. The molecule has 6 nitrogen and oxygen atoms in total. The van der Waals surface area contributed by atoms with E-state index in [0.717, 1.165) is 35.1 Å². The first kappa shape index (κ1) is 24.5. The van der Waals surface area contributed by atoms with Gasteiger partial charge in [0.2, 0.25) is 11.8 Å². The number of anilines is 2. The third-order valence-electron chi connectivity index (χ3n) is 6.04. The van der Waals surface area contributed by atoms with Crippen molar-refractivity contribution in [2.75, 3.05) is 11.1 Å². The van der Waals surface area contributed by atoms with Crippen LogP contribution in [0.15, 0.2) is 24.3 Å². The van der Waals surface area contributed by atoms with E-state index in [4.69, 9.17) is 5.73 Å². The fourth-order valence-corrected chi connectivity index (χ4v) is 3.99. The number of amides is 2. The lowest BCUT2D eigenvalue weighted by Crippen LogP contribution is -2.50. The molecule has 0 spiro atoms. The molecule has 1 heterocycles. The van der Waals surface area contributed by atoms with Gasteiger partial charge in [-0.05, 0) is 73.2 Å². The van der Waals surface area contributed by atoms with E-state index in [2.05, 4.69) is 5.32 Å². The molecule has 0 radical (unpaired) electrons. The molecule has 0 unspecified atom stereocenters. The van der Waals surface area contributed by atoms with E-state index in [-0.39, 0.29) is 30.0 Å². The number of carbonyl (C=O) groups is 2. The maximum Gasteiger partial charge on any atom is 0.247 e. The van der Waals surface area contributed by atoms with Crippen LogP contribution in [0.25, 0.3) is 0 Å². The van der Waals surface area contributed by atoms with Crippen molar-refractivity contribution in [2.24, 2.45) is 0 Å². The third kappa shape index (κ3) is 5.13. The quantitative estimate of drug-likeness (QED) is 0.469. The standard InChI is InChI=1S/C24H31N3O3.ClH/c1-5-6-7-22(28)27-13-18-11-19(25)9-8-17(18)12-21(27)24(30)26-20-10-14(2)23(29)16(4)15(20)3;/h8-11,21,29H,5-7,12-13,25H2,1-4H3,(H,26,30);1H/t21-;/m0./s1. The number of hydrogen-bond donors (Lipinski definition) is 3. The Balaban J connectivity index is 0.00000341. The van der Waals surface area contributed by atoms with Gasteiger partial charge in [-0.1, -0.05) is 19.4 Å². The summed E-state index contributed by atoms with van der Waals surface area (Å²) in [5.41, 5.74) is 11.6. The summed E-state index contributed by atoms with van der Waals surface area (Å²) in [6.45, 7) is 7.93. The van der Waals surface area contributed by atoms with Crippen molar-refractivity contribution in [2.45, 2.75) is 66.0 Å². The van der Waals surface area contributed by atoms with Crippen LogP contribution in [0.4, 0.5) is 11.4 Å². The Morgan fingerprint density at radius 2 is 1.87 bits per heavy atom. The third-order valence-corrected chi connectivity index (χ3v) is 6.04. The van der Waals surface area contributed by atoms with Crippen molar-refractivity contribution in [1.29, 1.82) is 0 Å². The number of phenolic OH excluding ortho intramolecular Hbond substituents is 1.